The first-order valence-electron chi connectivity index (χ1n) is 4.50. The summed E-state index contributed by atoms with van der Waals surface area (Å²) >= 11 is 0. The summed E-state index contributed by atoms with van der Waals surface area (Å²) in [6.07, 6.45) is 6.47. The molecule has 6 heteroatoms. The monoisotopic (exact) mass is 205 g/mol. The van der Waals surface area contributed by atoms with Crippen LogP contribution in [0.4, 0.5) is 5.82 Å². The van der Waals surface area contributed by atoms with Crippen molar-refractivity contribution in [2.75, 3.05) is 5.32 Å². The fraction of sp³-hybridized carbons (Fsp3) is 0.222. The summed E-state index contributed by atoms with van der Waals surface area (Å²) in [5.41, 5.74) is 0.827. The summed E-state index contributed by atoms with van der Waals surface area (Å²) in [6.45, 7) is 0.607. The Hall–Kier alpha value is -2.11. The summed E-state index contributed by atoms with van der Waals surface area (Å²) in [5, 5.41) is 7.08. The van der Waals surface area contributed by atoms with Crippen molar-refractivity contribution in [2.45, 2.75) is 6.54 Å². The molecule has 0 bridgehead atoms. The summed E-state index contributed by atoms with van der Waals surface area (Å²) < 4.78 is 1.73. The molecule has 2 heterocycles. The van der Waals surface area contributed by atoms with Crippen LogP contribution in [0, 0.1) is 0 Å². The molecule has 0 radical (unpaired) electrons. The highest BCUT2D eigenvalue weighted by molar-refractivity contribution is 5.31. The van der Waals surface area contributed by atoms with E-state index >= 15 is 0 Å². The molecule has 0 aromatic carbocycles. The average molecular weight is 205 g/mol. The molecule has 0 spiro atoms. The first-order chi connectivity index (χ1) is 7.24. The molecule has 2 rings (SSSR count). The first kappa shape index (κ1) is 9.45. The Labute approximate surface area is 86.0 Å². The van der Waals surface area contributed by atoms with Gasteiger partial charge in [0.15, 0.2) is 0 Å². The normalized spacial score (nSPS) is 10.2. The number of H-pyrrole nitrogens is 1. The average Bonchev–Trinajstić information content (AvgIpc) is 2.62. The van der Waals surface area contributed by atoms with E-state index in [1.165, 1.54) is 6.20 Å². The van der Waals surface area contributed by atoms with Gasteiger partial charge >= 0.3 is 0 Å². The number of aryl methyl sites for hydroxylation is 1. The molecular weight excluding hydrogens is 194 g/mol. The number of anilines is 1. The number of rotatable bonds is 3. The van der Waals surface area contributed by atoms with Crippen molar-refractivity contribution >= 4 is 5.82 Å². The fourth-order valence-corrected chi connectivity index (χ4v) is 1.23. The van der Waals surface area contributed by atoms with Gasteiger partial charge in [0, 0.05) is 25.4 Å². The predicted molar refractivity (Wildman–Crippen MR) is 55.4 cm³/mol. The number of nitrogens with one attached hydrogen (secondary N) is 2. The van der Waals surface area contributed by atoms with E-state index in [4.69, 9.17) is 0 Å². The molecule has 0 aliphatic heterocycles. The lowest BCUT2D eigenvalue weighted by molar-refractivity contribution is 0.767. The van der Waals surface area contributed by atoms with E-state index in [9.17, 15) is 4.79 Å². The maximum Gasteiger partial charge on any atom is 0.267 e. The van der Waals surface area contributed by atoms with Crippen LogP contribution < -0.4 is 10.9 Å². The fourth-order valence-electron chi connectivity index (χ4n) is 1.23. The third-order valence-corrected chi connectivity index (χ3v) is 1.89. The zero-order valence-corrected chi connectivity index (χ0v) is 8.27. The van der Waals surface area contributed by atoms with Gasteiger partial charge in [-0.05, 0) is 0 Å². The Balaban J connectivity index is 2.02. The van der Waals surface area contributed by atoms with Gasteiger partial charge in [0.25, 0.3) is 5.56 Å². The molecule has 15 heavy (non-hydrogen) atoms. The van der Waals surface area contributed by atoms with Crippen molar-refractivity contribution in [3.63, 3.8) is 0 Å². The van der Waals surface area contributed by atoms with Gasteiger partial charge in [-0.25, -0.2) is 0 Å². The van der Waals surface area contributed by atoms with Crippen molar-refractivity contribution in [1.82, 2.24) is 19.7 Å². The smallest absolute Gasteiger partial charge is 0.267 e. The summed E-state index contributed by atoms with van der Waals surface area (Å²) in [7, 11) is 1.86. The van der Waals surface area contributed by atoms with Crippen molar-refractivity contribution in [1.29, 1.82) is 0 Å². The van der Waals surface area contributed by atoms with E-state index in [0.29, 0.717) is 12.4 Å². The van der Waals surface area contributed by atoms with Gasteiger partial charge < -0.3 is 10.3 Å². The van der Waals surface area contributed by atoms with E-state index in [-0.39, 0.29) is 5.56 Å². The van der Waals surface area contributed by atoms with Crippen LogP contribution in [-0.4, -0.2) is 19.7 Å². The van der Waals surface area contributed by atoms with E-state index in [0.717, 1.165) is 5.56 Å². The Morgan fingerprint density at radius 1 is 1.47 bits per heavy atom. The first-order valence-corrected chi connectivity index (χ1v) is 4.50. The Kier molecular flexibility index (Phi) is 2.49. The molecule has 0 saturated carbocycles. The van der Waals surface area contributed by atoms with Crippen molar-refractivity contribution in [2.24, 2.45) is 7.05 Å². The predicted octanol–water partition coefficient (Wildman–Crippen LogP) is 0.115. The number of hydrogen-bond acceptors (Lipinski definition) is 4. The van der Waals surface area contributed by atoms with E-state index in [1.807, 2.05) is 13.2 Å². The third-order valence-electron chi connectivity index (χ3n) is 1.89. The SMILES string of the molecule is Cn1cc(CNc2cncc(=O)[nH]2)cn1. The maximum absolute atomic E-state index is 10.9. The highest BCUT2D eigenvalue weighted by atomic mass is 16.1. The molecule has 2 aromatic heterocycles. The highest BCUT2D eigenvalue weighted by Gasteiger charge is 1.96. The number of aromatic nitrogens is 4. The van der Waals surface area contributed by atoms with Gasteiger partial charge in [-0.2, -0.15) is 5.10 Å². The lowest BCUT2D eigenvalue weighted by Gasteiger charge is -2.02. The van der Waals surface area contributed by atoms with Crippen LogP contribution in [0.15, 0.2) is 29.6 Å². The minimum absolute atomic E-state index is 0.216. The second kappa shape index (κ2) is 3.95. The highest BCUT2D eigenvalue weighted by Crippen LogP contribution is 2.01. The molecule has 6 nitrogen and oxygen atoms in total. The Bertz CT molecular complexity index is 501. The zero-order valence-electron chi connectivity index (χ0n) is 8.27. The molecule has 0 fully saturated rings. The van der Waals surface area contributed by atoms with Crippen molar-refractivity contribution < 1.29 is 0 Å². The second-order valence-corrected chi connectivity index (χ2v) is 3.19. The molecule has 78 valence electrons. The maximum atomic E-state index is 10.9. The van der Waals surface area contributed by atoms with Gasteiger partial charge in [0.05, 0.1) is 18.6 Å². The zero-order chi connectivity index (χ0) is 10.7. The molecule has 0 atom stereocenters. The number of nitrogens with zero attached hydrogens (tertiary/aromatic N) is 3. The summed E-state index contributed by atoms with van der Waals surface area (Å²) in [5.74, 6) is 0.603. The Morgan fingerprint density at radius 3 is 3.00 bits per heavy atom. The lowest BCUT2D eigenvalue weighted by Crippen LogP contribution is -2.09. The van der Waals surface area contributed by atoms with Crippen LogP contribution >= 0.6 is 0 Å². The van der Waals surface area contributed by atoms with Gasteiger partial charge in [-0.3, -0.25) is 14.5 Å². The van der Waals surface area contributed by atoms with E-state index in [2.05, 4.69) is 20.4 Å². The molecule has 0 amide bonds. The second-order valence-electron chi connectivity index (χ2n) is 3.19. The number of hydrogen-bond donors (Lipinski definition) is 2. The van der Waals surface area contributed by atoms with Gasteiger partial charge in [0.2, 0.25) is 0 Å². The lowest BCUT2D eigenvalue weighted by atomic mass is 10.3. The largest absolute Gasteiger partial charge is 0.366 e. The van der Waals surface area contributed by atoms with Gasteiger partial charge in [-0.15, -0.1) is 0 Å². The summed E-state index contributed by atoms with van der Waals surface area (Å²) in [6, 6.07) is 0. The summed E-state index contributed by atoms with van der Waals surface area (Å²) in [4.78, 5) is 17.3. The van der Waals surface area contributed by atoms with E-state index in [1.54, 1.807) is 17.1 Å². The van der Waals surface area contributed by atoms with Crippen molar-refractivity contribution in [3.8, 4) is 0 Å². The molecule has 2 N–H and O–H groups in total. The number of aromatic amines is 1. The van der Waals surface area contributed by atoms with Crippen LogP contribution in [0.25, 0.3) is 0 Å². The van der Waals surface area contributed by atoms with Crippen LogP contribution in [0.1, 0.15) is 5.56 Å². The topological polar surface area (TPSA) is 75.6 Å². The minimum Gasteiger partial charge on any atom is -0.366 e. The molecule has 0 aliphatic carbocycles. The molecular formula is C9H11N5O. The quantitative estimate of drug-likeness (QED) is 0.746. The minimum atomic E-state index is -0.216. The standard InChI is InChI=1S/C9H11N5O/c1-14-6-7(3-12-14)2-11-8-4-10-5-9(15)13-8/h3-6H,2H2,1H3,(H2,11,13,15). The van der Waals surface area contributed by atoms with Gasteiger partial charge in [-0.1, -0.05) is 0 Å². The molecule has 0 unspecified atom stereocenters. The van der Waals surface area contributed by atoms with Crippen LogP contribution in [0.2, 0.25) is 0 Å². The van der Waals surface area contributed by atoms with E-state index < -0.39 is 0 Å². The molecule has 2 aromatic rings. The van der Waals surface area contributed by atoms with Crippen LogP contribution in [0.3, 0.4) is 0 Å². The van der Waals surface area contributed by atoms with Crippen LogP contribution in [0.5, 0.6) is 0 Å². The third kappa shape index (κ3) is 2.43. The molecule has 0 aliphatic rings. The van der Waals surface area contributed by atoms with Gasteiger partial charge in [0.1, 0.15) is 5.82 Å². The molecule has 0 saturated heterocycles. The van der Waals surface area contributed by atoms with Crippen LogP contribution in [-0.2, 0) is 13.6 Å². The Morgan fingerprint density at radius 2 is 2.33 bits per heavy atom. The van der Waals surface area contributed by atoms with Crippen molar-refractivity contribution in [3.05, 3.63) is 40.7 Å².